The second-order valence-corrected chi connectivity index (χ2v) is 5.27. The van der Waals surface area contributed by atoms with E-state index in [1.165, 1.54) is 0 Å². The molecule has 0 atom stereocenters. The number of amides is 2. The molecule has 0 saturated heterocycles. The van der Waals surface area contributed by atoms with Gasteiger partial charge in [0.05, 0.1) is 21.8 Å². The molecule has 2 aromatic rings. The van der Waals surface area contributed by atoms with Gasteiger partial charge in [0.1, 0.15) is 5.82 Å². The third kappa shape index (κ3) is 1.93. The van der Waals surface area contributed by atoms with E-state index in [0.29, 0.717) is 4.90 Å². The van der Waals surface area contributed by atoms with Crippen LogP contribution in [0.4, 0.5) is 5.82 Å². The highest BCUT2D eigenvalue weighted by Crippen LogP contribution is 2.30. The number of carbonyl (C=O) groups excluding carboxylic acids is 2. The van der Waals surface area contributed by atoms with Crippen LogP contribution in [0.1, 0.15) is 20.7 Å². The number of hydrogen-bond acceptors (Lipinski definition) is 5. The van der Waals surface area contributed by atoms with Crippen LogP contribution >= 0.6 is 24.2 Å². The van der Waals surface area contributed by atoms with Crippen LogP contribution in [0.5, 0.6) is 0 Å². The van der Waals surface area contributed by atoms with Crippen LogP contribution in [-0.2, 0) is 0 Å². The van der Waals surface area contributed by atoms with Crippen molar-refractivity contribution < 1.29 is 9.59 Å². The van der Waals surface area contributed by atoms with Gasteiger partial charge in [-0.3, -0.25) is 24.3 Å². The number of nitrogen functional groups attached to an aromatic ring is 1. The van der Waals surface area contributed by atoms with E-state index in [1.807, 2.05) is 0 Å². The van der Waals surface area contributed by atoms with Gasteiger partial charge in [0.2, 0.25) is 0 Å². The Labute approximate surface area is 128 Å². The number of nitrogens with two attached hydrogens (primary N) is 1. The number of fused-ring (bicyclic) bond motifs is 1. The average molecular weight is 322 g/mol. The molecule has 21 heavy (non-hydrogen) atoms. The number of thiol groups is 1. The zero-order valence-electron chi connectivity index (χ0n) is 10.4. The lowest BCUT2D eigenvalue weighted by Gasteiger charge is -2.14. The first kappa shape index (κ1) is 13.7. The quantitative estimate of drug-likeness (QED) is 0.544. The number of nitrogens with one attached hydrogen (secondary N) is 1. The number of hydrogen-bond donors (Lipinski definition) is 3. The zero-order chi connectivity index (χ0) is 15.3. The predicted molar refractivity (Wildman–Crippen MR) is 80.5 cm³/mol. The fourth-order valence-electron chi connectivity index (χ4n) is 2.24. The average Bonchev–Trinajstić information content (AvgIpc) is 2.68. The number of para-hydroxylation sites is 1. The number of anilines is 1. The van der Waals surface area contributed by atoms with Crippen LogP contribution in [0.15, 0.2) is 34.0 Å². The Morgan fingerprint density at radius 3 is 2.57 bits per heavy atom. The first-order chi connectivity index (χ1) is 9.91. The van der Waals surface area contributed by atoms with Gasteiger partial charge in [0.25, 0.3) is 17.4 Å². The molecule has 3 rings (SSSR count). The summed E-state index contributed by atoms with van der Waals surface area (Å²) in [5.74, 6) is -1.44. The zero-order valence-corrected chi connectivity index (χ0v) is 12.0. The number of pyridine rings is 1. The minimum absolute atomic E-state index is 0.0350. The summed E-state index contributed by atoms with van der Waals surface area (Å²) in [6, 6.07) is 5.93. The van der Waals surface area contributed by atoms with E-state index in [1.54, 1.807) is 18.2 Å². The van der Waals surface area contributed by atoms with Crippen molar-refractivity contribution in [1.29, 1.82) is 0 Å². The summed E-state index contributed by atoms with van der Waals surface area (Å²) in [6.07, 6.45) is 0. The van der Waals surface area contributed by atoms with Crippen molar-refractivity contribution in [3.63, 3.8) is 0 Å². The molecule has 3 N–H and O–H groups in total. The first-order valence-corrected chi connectivity index (χ1v) is 6.63. The van der Waals surface area contributed by atoms with E-state index < -0.39 is 17.4 Å². The first-order valence-electron chi connectivity index (χ1n) is 5.81. The number of halogens is 1. The SMILES string of the molecule is Nc1c2c(cc(=O)n1-c1c(S)cccc1Cl)C(=O)NC2=O. The van der Waals surface area contributed by atoms with Gasteiger partial charge in [0.15, 0.2) is 0 Å². The lowest BCUT2D eigenvalue weighted by atomic mass is 10.1. The third-order valence-electron chi connectivity index (χ3n) is 3.14. The summed E-state index contributed by atoms with van der Waals surface area (Å²) in [5.41, 5.74) is 5.54. The minimum atomic E-state index is -0.644. The summed E-state index contributed by atoms with van der Waals surface area (Å²) in [7, 11) is 0. The molecule has 0 bridgehead atoms. The standard InChI is InChI=1S/C13H8ClN3O3S/c14-6-2-1-3-7(21)10(6)17-8(18)4-5-9(11(17)15)13(20)16-12(5)19/h1-4,21H,15H2,(H,16,19,20). The number of aromatic nitrogens is 1. The molecule has 1 aliphatic rings. The topological polar surface area (TPSA) is 94.2 Å². The van der Waals surface area contributed by atoms with Gasteiger partial charge >= 0.3 is 0 Å². The van der Waals surface area contributed by atoms with Gasteiger partial charge in [-0.1, -0.05) is 17.7 Å². The lowest BCUT2D eigenvalue weighted by molar-refractivity contribution is 0.0880. The molecular weight excluding hydrogens is 314 g/mol. The largest absolute Gasteiger partial charge is 0.384 e. The Bertz CT molecular complexity index is 855. The molecule has 0 saturated carbocycles. The Balaban J connectivity index is 2.42. The smallest absolute Gasteiger partial charge is 0.262 e. The van der Waals surface area contributed by atoms with E-state index in [9.17, 15) is 14.4 Å². The molecule has 0 radical (unpaired) electrons. The number of imide groups is 1. The monoisotopic (exact) mass is 321 g/mol. The van der Waals surface area contributed by atoms with Crippen molar-refractivity contribution in [2.75, 3.05) is 5.73 Å². The number of benzene rings is 1. The van der Waals surface area contributed by atoms with Crippen molar-refractivity contribution in [3.05, 3.63) is 50.8 Å². The fraction of sp³-hybridized carbons (Fsp3) is 0. The van der Waals surface area contributed by atoms with Crippen molar-refractivity contribution in [3.8, 4) is 5.69 Å². The Morgan fingerprint density at radius 1 is 1.19 bits per heavy atom. The molecule has 6 nitrogen and oxygen atoms in total. The Morgan fingerprint density at radius 2 is 1.90 bits per heavy atom. The van der Waals surface area contributed by atoms with Gasteiger partial charge < -0.3 is 5.73 Å². The van der Waals surface area contributed by atoms with Crippen LogP contribution in [0.3, 0.4) is 0 Å². The predicted octanol–water partition coefficient (Wildman–Crippen LogP) is 1.25. The molecule has 1 aromatic heterocycles. The van der Waals surface area contributed by atoms with E-state index >= 15 is 0 Å². The van der Waals surface area contributed by atoms with Gasteiger partial charge in [-0.15, -0.1) is 12.6 Å². The van der Waals surface area contributed by atoms with E-state index in [0.717, 1.165) is 10.6 Å². The lowest BCUT2D eigenvalue weighted by Crippen LogP contribution is -2.24. The highest BCUT2D eigenvalue weighted by Gasteiger charge is 2.32. The highest BCUT2D eigenvalue weighted by molar-refractivity contribution is 7.80. The molecule has 0 fully saturated rings. The normalized spacial score (nSPS) is 13.2. The number of carbonyl (C=O) groups is 2. The molecule has 1 aliphatic heterocycles. The summed E-state index contributed by atoms with van der Waals surface area (Å²) in [6.45, 7) is 0. The van der Waals surface area contributed by atoms with Gasteiger partial charge in [0, 0.05) is 11.0 Å². The number of rotatable bonds is 1. The second kappa shape index (κ2) is 4.64. The number of nitrogens with zero attached hydrogens (tertiary/aromatic N) is 1. The van der Waals surface area contributed by atoms with Gasteiger partial charge in [-0.05, 0) is 12.1 Å². The van der Waals surface area contributed by atoms with Gasteiger partial charge in [-0.25, -0.2) is 0 Å². The molecule has 2 amide bonds. The summed E-state index contributed by atoms with van der Waals surface area (Å²) in [5, 5.41) is 2.35. The summed E-state index contributed by atoms with van der Waals surface area (Å²) >= 11 is 10.3. The van der Waals surface area contributed by atoms with E-state index in [2.05, 4.69) is 17.9 Å². The maximum atomic E-state index is 12.3. The van der Waals surface area contributed by atoms with Crippen molar-refractivity contribution in [2.45, 2.75) is 4.90 Å². The molecule has 2 heterocycles. The molecule has 106 valence electrons. The molecular formula is C13H8ClN3O3S. The molecule has 0 spiro atoms. The minimum Gasteiger partial charge on any atom is -0.384 e. The highest BCUT2D eigenvalue weighted by atomic mass is 35.5. The fourth-order valence-corrected chi connectivity index (χ4v) is 2.87. The van der Waals surface area contributed by atoms with Crippen LogP contribution in [-0.4, -0.2) is 16.4 Å². The Kier molecular flexibility index (Phi) is 3.03. The van der Waals surface area contributed by atoms with Gasteiger partial charge in [-0.2, -0.15) is 0 Å². The Hall–Kier alpha value is -2.25. The second-order valence-electron chi connectivity index (χ2n) is 4.38. The van der Waals surface area contributed by atoms with Crippen molar-refractivity contribution in [2.24, 2.45) is 0 Å². The van der Waals surface area contributed by atoms with Crippen molar-refractivity contribution in [1.82, 2.24) is 9.88 Å². The van der Waals surface area contributed by atoms with Crippen LogP contribution in [0.2, 0.25) is 5.02 Å². The maximum absolute atomic E-state index is 12.3. The molecule has 0 unspecified atom stereocenters. The van der Waals surface area contributed by atoms with Crippen LogP contribution in [0.25, 0.3) is 5.69 Å². The van der Waals surface area contributed by atoms with Crippen LogP contribution in [0, 0.1) is 0 Å². The molecule has 1 aromatic carbocycles. The van der Waals surface area contributed by atoms with E-state index in [-0.39, 0.29) is 27.7 Å². The van der Waals surface area contributed by atoms with Crippen LogP contribution < -0.4 is 16.6 Å². The third-order valence-corrected chi connectivity index (χ3v) is 3.81. The summed E-state index contributed by atoms with van der Waals surface area (Å²) < 4.78 is 1.07. The molecule has 0 aliphatic carbocycles. The maximum Gasteiger partial charge on any atom is 0.262 e. The van der Waals surface area contributed by atoms with Crippen molar-refractivity contribution >= 4 is 41.9 Å². The summed E-state index contributed by atoms with van der Waals surface area (Å²) in [4.78, 5) is 36.0. The molecule has 8 heteroatoms. The van der Waals surface area contributed by atoms with E-state index in [4.69, 9.17) is 17.3 Å².